The van der Waals surface area contributed by atoms with Crippen molar-refractivity contribution in [2.75, 3.05) is 19.0 Å². The largest absolute Gasteiger partial charge is 0.479 e. The highest BCUT2D eigenvalue weighted by molar-refractivity contribution is 5.89. The van der Waals surface area contributed by atoms with E-state index in [1.165, 1.54) is 11.8 Å². The molecule has 4 aromatic rings. The Bertz CT molecular complexity index is 1200. The van der Waals surface area contributed by atoms with Gasteiger partial charge in [0.2, 0.25) is 11.8 Å². The summed E-state index contributed by atoms with van der Waals surface area (Å²) >= 11 is 0. The standard InChI is InChI=1S/C19H21F2N7O2/c1-19(2,29)10-22-18-23-17(30-3)16-12(6-7-27(16)25-18)11-4-5-13-14(8-11)28(26-24-13)9-15(20)21/h4-8,15,29H,9-10H2,1-3H3,(H,22,25). The van der Waals surface area contributed by atoms with Gasteiger partial charge < -0.3 is 15.2 Å². The molecule has 0 bridgehead atoms. The molecule has 0 aliphatic carbocycles. The molecule has 2 N–H and O–H groups in total. The van der Waals surface area contributed by atoms with Crippen LogP contribution in [-0.4, -0.2) is 60.4 Å². The van der Waals surface area contributed by atoms with Gasteiger partial charge in [0.05, 0.1) is 18.2 Å². The van der Waals surface area contributed by atoms with Crippen LogP contribution in [0.4, 0.5) is 14.7 Å². The second kappa shape index (κ2) is 7.48. The molecule has 11 heteroatoms. The first-order valence-corrected chi connectivity index (χ1v) is 9.26. The zero-order valence-electron chi connectivity index (χ0n) is 16.7. The van der Waals surface area contributed by atoms with Crippen LogP contribution in [0, 0.1) is 0 Å². The molecule has 0 aliphatic heterocycles. The number of fused-ring (bicyclic) bond motifs is 2. The van der Waals surface area contributed by atoms with Crippen LogP contribution in [0.15, 0.2) is 30.5 Å². The van der Waals surface area contributed by atoms with Crippen LogP contribution < -0.4 is 10.1 Å². The molecule has 0 amide bonds. The van der Waals surface area contributed by atoms with Crippen molar-refractivity contribution in [3.8, 4) is 17.0 Å². The number of hydrogen-bond acceptors (Lipinski definition) is 7. The van der Waals surface area contributed by atoms with E-state index in [9.17, 15) is 13.9 Å². The third-order valence-electron chi connectivity index (χ3n) is 4.49. The minimum Gasteiger partial charge on any atom is -0.479 e. The van der Waals surface area contributed by atoms with Crippen LogP contribution in [0.5, 0.6) is 5.88 Å². The molecule has 0 saturated carbocycles. The molecule has 158 valence electrons. The van der Waals surface area contributed by atoms with E-state index < -0.39 is 18.6 Å². The van der Waals surface area contributed by atoms with Gasteiger partial charge in [0.1, 0.15) is 17.6 Å². The van der Waals surface area contributed by atoms with Crippen molar-refractivity contribution < 1.29 is 18.6 Å². The number of hydrogen-bond donors (Lipinski definition) is 2. The molecular formula is C19H21F2N7O2. The summed E-state index contributed by atoms with van der Waals surface area (Å²) < 4.78 is 33.9. The average Bonchev–Trinajstić information content (AvgIpc) is 3.28. The van der Waals surface area contributed by atoms with Gasteiger partial charge in [0.25, 0.3) is 6.43 Å². The summed E-state index contributed by atoms with van der Waals surface area (Å²) in [5.74, 6) is 0.640. The minimum absolute atomic E-state index is 0.258. The van der Waals surface area contributed by atoms with Crippen molar-refractivity contribution in [1.82, 2.24) is 29.6 Å². The monoisotopic (exact) mass is 417 g/mol. The Hall–Kier alpha value is -3.34. The molecule has 0 saturated heterocycles. The molecule has 3 aromatic heterocycles. The molecule has 3 heterocycles. The molecule has 30 heavy (non-hydrogen) atoms. The normalized spacial score (nSPS) is 12.2. The molecule has 0 fully saturated rings. The summed E-state index contributed by atoms with van der Waals surface area (Å²) in [6, 6.07) is 7.16. The van der Waals surface area contributed by atoms with Gasteiger partial charge in [0.15, 0.2) is 0 Å². The van der Waals surface area contributed by atoms with Crippen molar-refractivity contribution in [2.24, 2.45) is 0 Å². The Morgan fingerprint density at radius 3 is 2.77 bits per heavy atom. The molecule has 0 atom stereocenters. The predicted molar refractivity (Wildman–Crippen MR) is 107 cm³/mol. The number of nitrogens with zero attached hydrogens (tertiary/aromatic N) is 6. The predicted octanol–water partition coefficient (Wildman–Crippen LogP) is 2.60. The highest BCUT2D eigenvalue weighted by atomic mass is 19.3. The van der Waals surface area contributed by atoms with Crippen molar-refractivity contribution in [1.29, 1.82) is 0 Å². The van der Waals surface area contributed by atoms with Crippen LogP contribution in [0.1, 0.15) is 13.8 Å². The maximum Gasteiger partial charge on any atom is 0.258 e. The Morgan fingerprint density at radius 1 is 1.27 bits per heavy atom. The molecule has 0 spiro atoms. The van der Waals surface area contributed by atoms with Gasteiger partial charge in [0, 0.05) is 18.3 Å². The first-order chi connectivity index (χ1) is 14.2. The zero-order valence-corrected chi connectivity index (χ0v) is 16.7. The van der Waals surface area contributed by atoms with E-state index in [-0.39, 0.29) is 6.54 Å². The fourth-order valence-electron chi connectivity index (χ4n) is 3.14. The van der Waals surface area contributed by atoms with Crippen molar-refractivity contribution in [2.45, 2.75) is 32.4 Å². The van der Waals surface area contributed by atoms with Crippen molar-refractivity contribution in [3.63, 3.8) is 0 Å². The topological polar surface area (TPSA) is 102 Å². The fourth-order valence-corrected chi connectivity index (χ4v) is 3.14. The third kappa shape index (κ3) is 3.88. The molecular weight excluding hydrogens is 396 g/mol. The van der Waals surface area contributed by atoms with Crippen molar-refractivity contribution >= 4 is 22.5 Å². The van der Waals surface area contributed by atoms with E-state index in [1.807, 2.05) is 12.1 Å². The summed E-state index contributed by atoms with van der Waals surface area (Å²) in [7, 11) is 1.50. The summed E-state index contributed by atoms with van der Waals surface area (Å²) in [6.07, 6.45) is -0.777. The smallest absolute Gasteiger partial charge is 0.258 e. The van der Waals surface area contributed by atoms with Crippen LogP contribution in [0.25, 0.3) is 27.7 Å². The Balaban J connectivity index is 1.77. The second-order valence-corrected chi connectivity index (χ2v) is 7.50. The summed E-state index contributed by atoms with van der Waals surface area (Å²) in [6.45, 7) is 3.08. The number of anilines is 1. The van der Waals surface area contributed by atoms with Crippen LogP contribution in [0.2, 0.25) is 0 Å². The Morgan fingerprint density at radius 2 is 2.07 bits per heavy atom. The number of halogens is 2. The van der Waals surface area contributed by atoms with Gasteiger partial charge in [-0.1, -0.05) is 11.3 Å². The number of aromatic nitrogens is 6. The first-order valence-electron chi connectivity index (χ1n) is 9.26. The van der Waals surface area contributed by atoms with Crippen molar-refractivity contribution in [3.05, 3.63) is 30.5 Å². The van der Waals surface area contributed by atoms with Gasteiger partial charge >= 0.3 is 0 Å². The Labute approximate surface area is 170 Å². The minimum atomic E-state index is -2.53. The maximum atomic E-state index is 12.8. The third-order valence-corrected chi connectivity index (χ3v) is 4.49. The lowest BCUT2D eigenvalue weighted by Gasteiger charge is -2.18. The summed E-state index contributed by atoms with van der Waals surface area (Å²) in [5.41, 5.74) is 2.27. The van der Waals surface area contributed by atoms with Gasteiger partial charge in [-0.05, 0) is 37.6 Å². The zero-order chi connectivity index (χ0) is 21.5. The first kappa shape index (κ1) is 20.0. The van der Waals surface area contributed by atoms with E-state index >= 15 is 0 Å². The fraction of sp³-hybridized carbons (Fsp3) is 0.368. The van der Waals surface area contributed by atoms with Gasteiger partial charge in [-0.25, -0.2) is 18.0 Å². The number of rotatable bonds is 7. The number of nitrogens with one attached hydrogen (secondary N) is 1. The molecule has 1 aromatic carbocycles. The van der Waals surface area contributed by atoms with E-state index in [2.05, 4.69) is 25.7 Å². The van der Waals surface area contributed by atoms with E-state index in [0.29, 0.717) is 28.4 Å². The highest BCUT2D eigenvalue weighted by Gasteiger charge is 2.18. The Kier molecular flexibility index (Phi) is 4.98. The van der Waals surface area contributed by atoms with Gasteiger partial charge in [-0.15, -0.1) is 10.2 Å². The molecule has 0 radical (unpaired) electrons. The number of aliphatic hydroxyl groups is 1. The average molecular weight is 417 g/mol. The summed E-state index contributed by atoms with van der Waals surface area (Å²) in [5, 5.41) is 25.0. The SMILES string of the molecule is COc1nc(NCC(C)(C)O)nn2ccc(-c3ccc4nnn(CC(F)F)c4c3)c12. The number of ether oxygens (including phenoxy) is 1. The lowest BCUT2D eigenvalue weighted by Crippen LogP contribution is -2.30. The lowest BCUT2D eigenvalue weighted by atomic mass is 10.1. The lowest BCUT2D eigenvalue weighted by molar-refractivity contribution is 0.0942. The van der Waals surface area contributed by atoms with Crippen LogP contribution in [-0.2, 0) is 6.54 Å². The van der Waals surface area contributed by atoms with E-state index in [1.54, 1.807) is 36.7 Å². The second-order valence-electron chi connectivity index (χ2n) is 7.50. The number of alkyl halides is 2. The summed E-state index contributed by atoms with van der Waals surface area (Å²) in [4.78, 5) is 4.38. The van der Waals surface area contributed by atoms with E-state index in [4.69, 9.17) is 4.74 Å². The molecule has 4 rings (SSSR count). The molecule has 9 nitrogen and oxygen atoms in total. The van der Waals surface area contributed by atoms with Gasteiger partial charge in [-0.2, -0.15) is 4.98 Å². The van der Waals surface area contributed by atoms with E-state index in [0.717, 1.165) is 11.1 Å². The quantitative estimate of drug-likeness (QED) is 0.476. The molecule has 0 unspecified atom stereocenters. The maximum absolute atomic E-state index is 12.8. The number of methoxy groups -OCH3 is 1. The molecule has 0 aliphatic rings. The number of benzene rings is 1. The van der Waals surface area contributed by atoms with Crippen LogP contribution in [0.3, 0.4) is 0 Å². The highest BCUT2D eigenvalue weighted by Crippen LogP contribution is 2.32. The van der Waals surface area contributed by atoms with Crippen LogP contribution >= 0.6 is 0 Å². The van der Waals surface area contributed by atoms with Gasteiger partial charge in [-0.3, -0.25) is 0 Å².